The van der Waals surface area contributed by atoms with E-state index in [1.54, 1.807) is 25.6 Å². The van der Waals surface area contributed by atoms with Crippen LogP contribution in [0.25, 0.3) is 11.1 Å². The van der Waals surface area contributed by atoms with E-state index >= 15 is 0 Å². The predicted molar refractivity (Wildman–Crippen MR) is 106 cm³/mol. The molecule has 0 spiro atoms. The molecule has 0 N–H and O–H groups in total. The Bertz CT molecular complexity index is 838. The van der Waals surface area contributed by atoms with Gasteiger partial charge in [-0.2, -0.15) is 0 Å². The van der Waals surface area contributed by atoms with Crippen molar-refractivity contribution in [2.75, 3.05) is 14.2 Å². The van der Waals surface area contributed by atoms with Gasteiger partial charge in [0.1, 0.15) is 11.5 Å². The molecule has 25 heavy (non-hydrogen) atoms. The van der Waals surface area contributed by atoms with Gasteiger partial charge in [0.2, 0.25) is 0 Å². The molecule has 0 amide bonds. The second-order valence-corrected chi connectivity index (χ2v) is 7.68. The Labute approximate surface area is 154 Å². The highest BCUT2D eigenvalue weighted by Gasteiger charge is 2.27. The van der Waals surface area contributed by atoms with Crippen molar-refractivity contribution in [2.24, 2.45) is 0 Å². The highest BCUT2D eigenvalue weighted by atomic mass is 32.1. The van der Waals surface area contributed by atoms with Crippen molar-refractivity contribution in [1.82, 2.24) is 0 Å². The van der Waals surface area contributed by atoms with Crippen molar-refractivity contribution in [2.45, 2.75) is 26.2 Å². The second kappa shape index (κ2) is 6.93. The molecule has 3 aromatic rings. The number of thiophene rings is 1. The number of methoxy groups -OCH3 is 2. The molecule has 0 aliphatic rings. The summed E-state index contributed by atoms with van der Waals surface area (Å²) in [5, 5.41) is 2.12. The molecule has 130 valence electrons. The van der Waals surface area contributed by atoms with Gasteiger partial charge in [0.05, 0.1) is 19.8 Å². The SMILES string of the molecule is COc1cc(C(C)(C)c2cccs2)cc(OC)c1-c1cccc(C)c1. The Balaban J connectivity index is 2.20. The van der Waals surface area contributed by atoms with E-state index in [1.807, 2.05) is 0 Å². The number of benzene rings is 2. The van der Waals surface area contributed by atoms with E-state index in [4.69, 9.17) is 9.47 Å². The molecule has 0 radical (unpaired) electrons. The van der Waals surface area contributed by atoms with Crippen LogP contribution in [-0.4, -0.2) is 14.2 Å². The summed E-state index contributed by atoms with van der Waals surface area (Å²) < 4.78 is 11.5. The molecule has 0 aliphatic heterocycles. The molecule has 0 fully saturated rings. The van der Waals surface area contributed by atoms with Crippen molar-refractivity contribution < 1.29 is 9.47 Å². The van der Waals surface area contributed by atoms with E-state index in [9.17, 15) is 0 Å². The zero-order valence-electron chi connectivity index (χ0n) is 15.4. The Hall–Kier alpha value is -2.26. The monoisotopic (exact) mass is 352 g/mol. The van der Waals surface area contributed by atoms with Gasteiger partial charge in [-0.05, 0) is 41.6 Å². The van der Waals surface area contributed by atoms with Crippen LogP contribution in [0.15, 0.2) is 53.9 Å². The second-order valence-electron chi connectivity index (χ2n) is 6.73. The number of hydrogen-bond donors (Lipinski definition) is 0. The van der Waals surface area contributed by atoms with Crippen molar-refractivity contribution in [3.05, 3.63) is 69.9 Å². The Kier molecular flexibility index (Phi) is 4.87. The Morgan fingerprint density at radius 2 is 1.56 bits per heavy atom. The lowest BCUT2D eigenvalue weighted by molar-refractivity contribution is 0.395. The van der Waals surface area contributed by atoms with E-state index in [-0.39, 0.29) is 5.41 Å². The van der Waals surface area contributed by atoms with Crippen LogP contribution in [0.3, 0.4) is 0 Å². The third-order valence-corrected chi connectivity index (χ3v) is 5.86. The molecule has 3 rings (SSSR count). The first kappa shape index (κ1) is 17.6. The smallest absolute Gasteiger partial charge is 0.130 e. The lowest BCUT2D eigenvalue weighted by atomic mass is 9.82. The van der Waals surface area contributed by atoms with Gasteiger partial charge in [-0.25, -0.2) is 0 Å². The molecule has 1 heterocycles. The molecule has 0 saturated heterocycles. The summed E-state index contributed by atoms with van der Waals surface area (Å²) in [6, 6.07) is 17.0. The summed E-state index contributed by atoms with van der Waals surface area (Å²) in [4.78, 5) is 1.32. The summed E-state index contributed by atoms with van der Waals surface area (Å²) in [5.41, 5.74) is 4.39. The first-order valence-corrected chi connectivity index (χ1v) is 9.23. The molecule has 0 bridgehead atoms. The molecular weight excluding hydrogens is 328 g/mol. The van der Waals surface area contributed by atoms with Crippen LogP contribution < -0.4 is 9.47 Å². The molecule has 2 nitrogen and oxygen atoms in total. The zero-order chi connectivity index (χ0) is 18.0. The highest BCUT2D eigenvalue weighted by Crippen LogP contribution is 2.44. The van der Waals surface area contributed by atoms with Crippen molar-refractivity contribution >= 4 is 11.3 Å². The van der Waals surface area contributed by atoms with E-state index in [1.165, 1.54) is 16.0 Å². The summed E-state index contributed by atoms with van der Waals surface area (Å²) in [6.07, 6.45) is 0. The minimum Gasteiger partial charge on any atom is -0.496 e. The van der Waals surface area contributed by atoms with E-state index in [0.717, 1.165) is 22.6 Å². The summed E-state index contributed by atoms with van der Waals surface area (Å²) >= 11 is 1.77. The van der Waals surface area contributed by atoms with Gasteiger partial charge in [0.15, 0.2) is 0 Å². The third-order valence-electron chi connectivity index (χ3n) is 4.67. The lowest BCUT2D eigenvalue weighted by Gasteiger charge is -2.26. The lowest BCUT2D eigenvalue weighted by Crippen LogP contribution is -2.17. The van der Waals surface area contributed by atoms with Gasteiger partial charge in [-0.1, -0.05) is 49.7 Å². The average molecular weight is 352 g/mol. The van der Waals surface area contributed by atoms with Crippen molar-refractivity contribution in [3.63, 3.8) is 0 Å². The highest BCUT2D eigenvalue weighted by molar-refractivity contribution is 7.10. The van der Waals surface area contributed by atoms with Crippen LogP contribution in [0.5, 0.6) is 11.5 Å². The standard InChI is InChI=1S/C22H24O2S/c1-15-8-6-9-16(12-15)21-18(23-4)13-17(14-19(21)24-5)22(2,3)20-10-7-11-25-20/h6-14H,1-5H3. The molecule has 2 aromatic carbocycles. The van der Waals surface area contributed by atoms with Gasteiger partial charge in [-0.3, -0.25) is 0 Å². The quantitative estimate of drug-likeness (QED) is 0.555. The average Bonchev–Trinajstić information content (AvgIpc) is 3.15. The fourth-order valence-corrected chi connectivity index (χ4v) is 4.01. The van der Waals surface area contributed by atoms with Crippen LogP contribution in [0.4, 0.5) is 0 Å². The number of ether oxygens (including phenoxy) is 2. The zero-order valence-corrected chi connectivity index (χ0v) is 16.2. The van der Waals surface area contributed by atoms with Gasteiger partial charge >= 0.3 is 0 Å². The molecule has 0 aliphatic carbocycles. The number of aryl methyl sites for hydroxylation is 1. The van der Waals surface area contributed by atoms with Crippen LogP contribution in [0.2, 0.25) is 0 Å². The van der Waals surface area contributed by atoms with Crippen LogP contribution in [0, 0.1) is 6.92 Å². The minimum atomic E-state index is -0.111. The Morgan fingerprint density at radius 3 is 2.08 bits per heavy atom. The van der Waals surface area contributed by atoms with E-state index < -0.39 is 0 Å². The van der Waals surface area contributed by atoms with Crippen LogP contribution >= 0.6 is 11.3 Å². The predicted octanol–water partition coefficient (Wildman–Crippen LogP) is 6.07. The first-order chi connectivity index (χ1) is 12.0. The van der Waals surface area contributed by atoms with Crippen LogP contribution in [-0.2, 0) is 5.41 Å². The van der Waals surface area contributed by atoms with E-state index in [0.29, 0.717) is 0 Å². The number of hydrogen-bond acceptors (Lipinski definition) is 3. The van der Waals surface area contributed by atoms with Crippen molar-refractivity contribution in [3.8, 4) is 22.6 Å². The summed E-state index contributed by atoms with van der Waals surface area (Å²) in [5.74, 6) is 1.68. The maximum absolute atomic E-state index is 5.76. The number of rotatable bonds is 5. The summed E-state index contributed by atoms with van der Waals surface area (Å²) in [7, 11) is 3.44. The topological polar surface area (TPSA) is 18.5 Å². The summed E-state index contributed by atoms with van der Waals surface area (Å²) in [6.45, 7) is 6.56. The fourth-order valence-electron chi connectivity index (χ4n) is 3.13. The maximum atomic E-state index is 5.76. The molecule has 0 saturated carbocycles. The molecule has 3 heteroatoms. The largest absolute Gasteiger partial charge is 0.496 e. The van der Waals surface area contributed by atoms with Gasteiger partial charge < -0.3 is 9.47 Å². The first-order valence-electron chi connectivity index (χ1n) is 8.35. The van der Waals surface area contributed by atoms with Gasteiger partial charge in [0.25, 0.3) is 0 Å². The fraction of sp³-hybridized carbons (Fsp3) is 0.273. The maximum Gasteiger partial charge on any atom is 0.130 e. The van der Waals surface area contributed by atoms with Crippen molar-refractivity contribution in [1.29, 1.82) is 0 Å². The molecule has 0 atom stereocenters. The normalized spacial score (nSPS) is 11.4. The Morgan fingerprint density at radius 1 is 0.880 bits per heavy atom. The van der Waals surface area contributed by atoms with E-state index in [2.05, 4.69) is 74.7 Å². The van der Waals surface area contributed by atoms with Gasteiger partial charge in [0, 0.05) is 10.3 Å². The molecule has 0 unspecified atom stereocenters. The van der Waals surface area contributed by atoms with Gasteiger partial charge in [-0.15, -0.1) is 11.3 Å². The minimum absolute atomic E-state index is 0.111. The van der Waals surface area contributed by atoms with Crippen LogP contribution in [0.1, 0.15) is 29.9 Å². The molecular formula is C22H24O2S. The molecule has 1 aromatic heterocycles. The third kappa shape index (κ3) is 3.29.